The zero-order valence-electron chi connectivity index (χ0n) is 11.7. The van der Waals surface area contributed by atoms with Crippen molar-refractivity contribution in [1.82, 2.24) is 19.7 Å². The number of nitrogens with two attached hydrogens (primary N) is 1. The second-order valence-corrected chi connectivity index (χ2v) is 5.96. The number of aromatic nitrogens is 4. The predicted octanol–water partition coefficient (Wildman–Crippen LogP) is 2.43. The van der Waals surface area contributed by atoms with E-state index >= 15 is 0 Å². The van der Waals surface area contributed by atoms with Crippen molar-refractivity contribution in [2.24, 2.45) is 0 Å². The smallest absolute Gasteiger partial charge is 0.344 e. The molecule has 1 aromatic carbocycles. The van der Waals surface area contributed by atoms with E-state index in [2.05, 4.69) is 15.2 Å². The van der Waals surface area contributed by atoms with E-state index in [-0.39, 0.29) is 11.7 Å². The number of benzene rings is 1. The summed E-state index contributed by atoms with van der Waals surface area (Å²) in [4.78, 5) is 16.7. The Morgan fingerprint density at radius 1 is 1.33 bits per heavy atom. The van der Waals surface area contributed by atoms with E-state index in [0.717, 1.165) is 15.7 Å². The normalized spacial score (nSPS) is 11.4. The number of anilines is 1. The van der Waals surface area contributed by atoms with E-state index in [1.54, 1.807) is 17.0 Å². The summed E-state index contributed by atoms with van der Waals surface area (Å²) in [5.74, 6) is 0. The van der Waals surface area contributed by atoms with Crippen molar-refractivity contribution >= 4 is 28.2 Å². The standard InChI is InChI=1S/C14H15N5OS/c1-8(2)19-13(20)17-18-14(19)21-11-4-3-9-7-16-6-5-10(9)12(11)15/h3-8H,15H2,1-2H3,(H,17,20). The topological polar surface area (TPSA) is 89.6 Å². The Morgan fingerprint density at radius 3 is 2.90 bits per heavy atom. The van der Waals surface area contributed by atoms with E-state index in [4.69, 9.17) is 5.73 Å². The summed E-state index contributed by atoms with van der Waals surface area (Å²) in [7, 11) is 0. The molecule has 2 heterocycles. The Kier molecular flexibility index (Phi) is 3.42. The fraction of sp³-hybridized carbons (Fsp3) is 0.214. The maximum atomic E-state index is 11.8. The second-order valence-electron chi connectivity index (χ2n) is 4.95. The largest absolute Gasteiger partial charge is 0.397 e. The number of nitrogen functional groups attached to an aromatic ring is 1. The summed E-state index contributed by atoms with van der Waals surface area (Å²) in [6, 6.07) is 5.80. The van der Waals surface area contributed by atoms with Gasteiger partial charge in [0.15, 0.2) is 5.16 Å². The number of rotatable bonds is 3. The first-order valence-electron chi connectivity index (χ1n) is 6.55. The van der Waals surface area contributed by atoms with Gasteiger partial charge in [-0.25, -0.2) is 9.89 Å². The minimum Gasteiger partial charge on any atom is -0.397 e. The first-order valence-corrected chi connectivity index (χ1v) is 7.36. The molecule has 0 fully saturated rings. The number of nitrogens with one attached hydrogen (secondary N) is 1. The summed E-state index contributed by atoms with van der Waals surface area (Å²) in [5.41, 5.74) is 6.69. The van der Waals surface area contributed by atoms with Crippen molar-refractivity contribution in [3.8, 4) is 0 Å². The molecular weight excluding hydrogens is 286 g/mol. The third-order valence-electron chi connectivity index (χ3n) is 3.21. The molecule has 7 heteroatoms. The average molecular weight is 301 g/mol. The molecule has 0 aliphatic carbocycles. The maximum Gasteiger partial charge on any atom is 0.344 e. The molecule has 2 aromatic heterocycles. The lowest BCUT2D eigenvalue weighted by Gasteiger charge is -2.11. The molecule has 0 spiro atoms. The lowest BCUT2D eigenvalue weighted by atomic mass is 10.1. The van der Waals surface area contributed by atoms with Crippen LogP contribution >= 0.6 is 11.8 Å². The first-order chi connectivity index (χ1) is 10.1. The van der Waals surface area contributed by atoms with Crippen molar-refractivity contribution in [2.75, 3.05) is 5.73 Å². The second kappa shape index (κ2) is 5.25. The van der Waals surface area contributed by atoms with E-state index in [1.807, 2.05) is 32.0 Å². The number of H-pyrrole nitrogens is 1. The number of pyridine rings is 1. The Morgan fingerprint density at radius 2 is 2.14 bits per heavy atom. The van der Waals surface area contributed by atoms with Crippen LogP contribution in [0.4, 0.5) is 5.69 Å². The van der Waals surface area contributed by atoms with Gasteiger partial charge in [-0.1, -0.05) is 6.07 Å². The molecule has 3 N–H and O–H groups in total. The highest BCUT2D eigenvalue weighted by molar-refractivity contribution is 7.99. The monoisotopic (exact) mass is 301 g/mol. The number of nitrogens with zero attached hydrogens (tertiary/aromatic N) is 3. The summed E-state index contributed by atoms with van der Waals surface area (Å²) in [5, 5.41) is 9.10. The van der Waals surface area contributed by atoms with Crippen LogP contribution in [0.5, 0.6) is 0 Å². The van der Waals surface area contributed by atoms with Gasteiger partial charge in [0.2, 0.25) is 0 Å². The van der Waals surface area contributed by atoms with Crippen LogP contribution in [0.3, 0.4) is 0 Å². The van der Waals surface area contributed by atoms with Crippen LogP contribution in [0.15, 0.2) is 45.4 Å². The third kappa shape index (κ3) is 2.40. The van der Waals surface area contributed by atoms with Gasteiger partial charge in [0, 0.05) is 34.1 Å². The SMILES string of the molecule is CC(C)n1c(Sc2ccc3cnccc3c2N)n[nH]c1=O. The zero-order valence-corrected chi connectivity index (χ0v) is 12.5. The number of hydrogen-bond acceptors (Lipinski definition) is 5. The lowest BCUT2D eigenvalue weighted by Crippen LogP contribution is -2.19. The van der Waals surface area contributed by atoms with Gasteiger partial charge in [0.05, 0.1) is 5.69 Å². The van der Waals surface area contributed by atoms with Crippen LogP contribution in [-0.4, -0.2) is 19.7 Å². The number of hydrogen-bond donors (Lipinski definition) is 2. The molecule has 3 rings (SSSR count). The minimum absolute atomic E-state index is 0.0321. The predicted molar refractivity (Wildman–Crippen MR) is 83.5 cm³/mol. The molecule has 3 aromatic rings. The highest BCUT2D eigenvalue weighted by Crippen LogP contribution is 2.35. The van der Waals surface area contributed by atoms with E-state index in [0.29, 0.717) is 10.8 Å². The van der Waals surface area contributed by atoms with Crippen LogP contribution in [0.25, 0.3) is 10.8 Å². The fourth-order valence-electron chi connectivity index (χ4n) is 2.18. The molecule has 0 amide bonds. The van der Waals surface area contributed by atoms with Crippen molar-refractivity contribution in [3.63, 3.8) is 0 Å². The summed E-state index contributed by atoms with van der Waals surface area (Å²) < 4.78 is 1.61. The molecule has 0 aliphatic heterocycles. The van der Waals surface area contributed by atoms with Crippen LogP contribution in [0.2, 0.25) is 0 Å². The molecular formula is C14H15N5OS. The van der Waals surface area contributed by atoms with Gasteiger partial charge < -0.3 is 5.73 Å². The van der Waals surface area contributed by atoms with Gasteiger partial charge in [-0.15, -0.1) is 5.10 Å². The van der Waals surface area contributed by atoms with Crippen LogP contribution in [-0.2, 0) is 0 Å². The molecule has 21 heavy (non-hydrogen) atoms. The molecule has 0 radical (unpaired) electrons. The summed E-state index contributed by atoms with van der Waals surface area (Å²) in [6.45, 7) is 3.88. The van der Waals surface area contributed by atoms with Crippen molar-refractivity contribution in [3.05, 3.63) is 41.1 Å². The molecule has 0 atom stereocenters. The Labute approximate surface area is 125 Å². The molecule has 0 unspecified atom stereocenters. The van der Waals surface area contributed by atoms with Gasteiger partial charge in [0.25, 0.3) is 0 Å². The van der Waals surface area contributed by atoms with Gasteiger partial charge in [0.1, 0.15) is 0 Å². The minimum atomic E-state index is -0.212. The lowest BCUT2D eigenvalue weighted by molar-refractivity contribution is 0.534. The fourth-order valence-corrected chi connectivity index (χ4v) is 3.21. The summed E-state index contributed by atoms with van der Waals surface area (Å²) in [6.07, 6.45) is 3.49. The molecule has 0 saturated heterocycles. The first kappa shape index (κ1) is 13.7. The zero-order chi connectivity index (χ0) is 15.0. The third-order valence-corrected chi connectivity index (χ3v) is 4.26. The summed E-state index contributed by atoms with van der Waals surface area (Å²) >= 11 is 1.38. The number of aromatic amines is 1. The Hall–Kier alpha value is -2.28. The molecule has 0 aliphatic rings. The Bertz CT molecular complexity index is 852. The molecule has 0 bridgehead atoms. The van der Waals surface area contributed by atoms with Crippen LogP contribution in [0.1, 0.15) is 19.9 Å². The molecule has 0 saturated carbocycles. The van der Waals surface area contributed by atoms with E-state index in [9.17, 15) is 4.79 Å². The highest BCUT2D eigenvalue weighted by atomic mass is 32.2. The maximum absolute atomic E-state index is 11.8. The van der Waals surface area contributed by atoms with Gasteiger partial charge in [-0.2, -0.15) is 0 Å². The van der Waals surface area contributed by atoms with E-state index in [1.165, 1.54) is 11.8 Å². The Balaban J connectivity index is 2.07. The van der Waals surface area contributed by atoms with Crippen LogP contribution < -0.4 is 11.4 Å². The number of fused-ring (bicyclic) bond motifs is 1. The van der Waals surface area contributed by atoms with E-state index < -0.39 is 0 Å². The van der Waals surface area contributed by atoms with Crippen molar-refractivity contribution in [2.45, 2.75) is 29.9 Å². The van der Waals surface area contributed by atoms with Gasteiger partial charge in [-0.05, 0) is 37.7 Å². The van der Waals surface area contributed by atoms with Gasteiger partial charge >= 0.3 is 5.69 Å². The quantitative estimate of drug-likeness (QED) is 0.725. The molecule has 6 nitrogen and oxygen atoms in total. The average Bonchev–Trinajstić information content (AvgIpc) is 2.83. The van der Waals surface area contributed by atoms with Gasteiger partial charge in [-0.3, -0.25) is 9.55 Å². The molecule has 108 valence electrons. The van der Waals surface area contributed by atoms with Crippen LogP contribution in [0, 0.1) is 0 Å². The highest BCUT2D eigenvalue weighted by Gasteiger charge is 2.14. The van der Waals surface area contributed by atoms with Crippen molar-refractivity contribution < 1.29 is 0 Å². The van der Waals surface area contributed by atoms with Crippen molar-refractivity contribution in [1.29, 1.82) is 0 Å².